The maximum Gasteiger partial charge on any atom is 0.242 e. The molecule has 1 saturated heterocycles. The van der Waals surface area contributed by atoms with Crippen molar-refractivity contribution in [2.24, 2.45) is 5.84 Å². The maximum absolute atomic E-state index is 5.36. The number of ether oxygens (including phenoxy) is 1. The van der Waals surface area contributed by atoms with Crippen LogP contribution in [0.15, 0.2) is 5.16 Å². The maximum atomic E-state index is 5.36. The summed E-state index contributed by atoms with van der Waals surface area (Å²) in [6, 6.07) is 0. The SMILES string of the molecule is CCSc1nc(NN)nc(N2CCOCC2)n1. The molecule has 17 heavy (non-hydrogen) atoms. The number of aromatic nitrogens is 3. The summed E-state index contributed by atoms with van der Waals surface area (Å²) >= 11 is 1.57. The van der Waals surface area contributed by atoms with Gasteiger partial charge in [0, 0.05) is 13.1 Å². The van der Waals surface area contributed by atoms with E-state index in [2.05, 4.69) is 32.2 Å². The summed E-state index contributed by atoms with van der Waals surface area (Å²) in [5, 5.41) is 0.692. The molecule has 0 amide bonds. The molecule has 1 aliphatic heterocycles. The molecular formula is C9H16N6OS. The lowest BCUT2D eigenvalue weighted by Crippen LogP contribution is -2.37. The van der Waals surface area contributed by atoms with Crippen molar-refractivity contribution in [3.05, 3.63) is 0 Å². The fourth-order valence-electron chi connectivity index (χ4n) is 1.51. The van der Waals surface area contributed by atoms with Gasteiger partial charge in [0.15, 0.2) is 5.16 Å². The highest BCUT2D eigenvalue weighted by atomic mass is 32.2. The van der Waals surface area contributed by atoms with Gasteiger partial charge in [-0.15, -0.1) is 0 Å². The molecule has 0 aliphatic carbocycles. The molecule has 0 saturated carbocycles. The van der Waals surface area contributed by atoms with E-state index in [1.165, 1.54) is 0 Å². The molecule has 0 atom stereocenters. The van der Waals surface area contributed by atoms with Crippen LogP contribution >= 0.6 is 11.8 Å². The highest BCUT2D eigenvalue weighted by molar-refractivity contribution is 7.99. The number of nitrogens with zero attached hydrogens (tertiary/aromatic N) is 4. The number of morpholine rings is 1. The van der Waals surface area contributed by atoms with Gasteiger partial charge in [-0.25, -0.2) is 5.84 Å². The van der Waals surface area contributed by atoms with E-state index in [-0.39, 0.29) is 0 Å². The van der Waals surface area contributed by atoms with Gasteiger partial charge >= 0.3 is 0 Å². The van der Waals surface area contributed by atoms with Crippen molar-refractivity contribution in [3.63, 3.8) is 0 Å². The lowest BCUT2D eigenvalue weighted by atomic mass is 10.4. The van der Waals surface area contributed by atoms with Crippen molar-refractivity contribution in [1.29, 1.82) is 0 Å². The van der Waals surface area contributed by atoms with Gasteiger partial charge in [-0.05, 0) is 5.75 Å². The summed E-state index contributed by atoms with van der Waals surface area (Å²) in [7, 11) is 0. The smallest absolute Gasteiger partial charge is 0.242 e. The second-order valence-electron chi connectivity index (χ2n) is 3.42. The number of rotatable bonds is 4. The highest BCUT2D eigenvalue weighted by Gasteiger charge is 2.16. The minimum Gasteiger partial charge on any atom is -0.378 e. The minimum atomic E-state index is 0.400. The van der Waals surface area contributed by atoms with Crippen LogP contribution in [-0.4, -0.2) is 47.0 Å². The van der Waals surface area contributed by atoms with Gasteiger partial charge in [-0.3, -0.25) is 5.43 Å². The quantitative estimate of drug-likeness (QED) is 0.445. The monoisotopic (exact) mass is 256 g/mol. The van der Waals surface area contributed by atoms with Gasteiger partial charge in [0.25, 0.3) is 0 Å². The second kappa shape index (κ2) is 5.99. The first-order valence-corrected chi connectivity index (χ1v) is 6.50. The molecule has 1 fully saturated rings. The first-order chi connectivity index (χ1) is 8.33. The van der Waals surface area contributed by atoms with Crippen molar-refractivity contribution in [2.45, 2.75) is 12.1 Å². The normalized spacial score (nSPS) is 16.0. The molecule has 1 aromatic rings. The standard InChI is InChI=1S/C9H16N6OS/c1-2-17-9-12-7(14-10)11-8(13-9)15-3-5-16-6-4-15/h2-6,10H2,1H3,(H,11,12,13,14). The Hall–Kier alpha value is -1.12. The number of nitrogen functional groups attached to an aromatic ring is 1. The Balaban J connectivity index is 2.21. The Kier molecular flexibility index (Phi) is 4.35. The number of hydrazine groups is 1. The van der Waals surface area contributed by atoms with Gasteiger partial charge in [0.2, 0.25) is 11.9 Å². The Morgan fingerprint density at radius 2 is 2.12 bits per heavy atom. The first kappa shape index (κ1) is 12.3. The van der Waals surface area contributed by atoms with Crippen LogP contribution in [0.5, 0.6) is 0 Å². The molecule has 94 valence electrons. The molecule has 1 aliphatic rings. The first-order valence-electron chi connectivity index (χ1n) is 5.51. The van der Waals surface area contributed by atoms with Gasteiger partial charge in [0.1, 0.15) is 0 Å². The molecule has 0 bridgehead atoms. The fraction of sp³-hybridized carbons (Fsp3) is 0.667. The molecule has 8 heteroatoms. The minimum absolute atomic E-state index is 0.400. The van der Waals surface area contributed by atoms with E-state index in [1.807, 2.05) is 0 Å². The molecule has 2 heterocycles. The van der Waals surface area contributed by atoms with Crippen LogP contribution in [0.25, 0.3) is 0 Å². The molecule has 3 N–H and O–H groups in total. The topological polar surface area (TPSA) is 89.2 Å². The van der Waals surface area contributed by atoms with E-state index >= 15 is 0 Å². The van der Waals surface area contributed by atoms with Crippen LogP contribution in [0.2, 0.25) is 0 Å². The van der Waals surface area contributed by atoms with Crippen LogP contribution in [0.3, 0.4) is 0 Å². The Labute approximate surface area is 104 Å². The van der Waals surface area contributed by atoms with Crippen molar-refractivity contribution in [3.8, 4) is 0 Å². The average Bonchev–Trinajstić information content (AvgIpc) is 2.40. The van der Waals surface area contributed by atoms with Crippen LogP contribution in [0.4, 0.5) is 11.9 Å². The predicted molar refractivity (Wildman–Crippen MR) is 67.1 cm³/mol. The molecular weight excluding hydrogens is 240 g/mol. The largest absolute Gasteiger partial charge is 0.378 e. The van der Waals surface area contributed by atoms with E-state index in [4.69, 9.17) is 10.6 Å². The zero-order chi connectivity index (χ0) is 12.1. The van der Waals surface area contributed by atoms with E-state index < -0.39 is 0 Å². The summed E-state index contributed by atoms with van der Waals surface area (Å²) in [6.07, 6.45) is 0. The van der Waals surface area contributed by atoms with E-state index in [9.17, 15) is 0 Å². The average molecular weight is 256 g/mol. The van der Waals surface area contributed by atoms with E-state index in [1.54, 1.807) is 11.8 Å². The summed E-state index contributed by atoms with van der Waals surface area (Å²) < 4.78 is 5.30. The van der Waals surface area contributed by atoms with Crippen LogP contribution < -0.4 is 16.2 Å². The van der Waals surface area contributed by atoms with Gasteiger partial charge in [-0.1, -0.05) is 18.7 Å². The number of anilines is 2. The Bertz CT molecular complexity index is 371. The number of hydrogen-bond acceptors (Lipinski definition) is 8. The second-order valence-corrected chi connectivity index (χ2v) is 4.65. The van der Waals surface area contributed by atoms with E-state index in [0.717, 1.165) is 18.8 Å². The molecule has 0 radical (unpaired) electrons. The number of nitrogens with one attached hydrogen (secondary N) is 1. The highest BCUT2D eigenvalue weighted by Crippen LogP contribution is 2.18. The zero-order valence-electron chi connectivity index (χ0n) is 9.72. The summed E-state index contributed by atoms with van der Waals surface area (Å²) in [5.74, 6) is 7.33. The van der Waals surface area contributed by atoms with Crippen molar-refractivity contribution >= 4 is 23.7 Å². The Morgan fingerprint density at radius 1 is 1.35 bits per heavy atom. The third kappa shape index (κ3) is 3.18. The zero-order valence-corrected chi connectivity index (χ0v) is 10.5. The van der Waals surface area contributed by atoms with Crippen LogP contribution in [0.1, 0.15) is 6.92 Å². The van der Waals surface area contributed by atoms with Gasteiger partial charge < -0.3 is 9.64 Å². The van der Waals surface area contributed by atoms with Crippen LogP contribution in [0, 0.1) is 0 Å². The lowest BCUT2D eigenvalue weighted by molar-refractivity contribution is 0.122. The van der Waals surface area contributed by atoms with Crippen molar-refractivity contribution < 1.29 is 4.74 Å². The third-order valence-corrected chi connectivity index (χ3v) is 3.03. The predicted octanol–water partition coefficient (Wildman–Crippen LogP) is 0.106. The Morgan fingerprint density at radius 3 is 2.76 bits per heavy atom. The van der Waals surface area contributed by atoms with E-state index in [0.29, 0.717) is 30.3 Å². The fourth-order valence-corrected chi connectivity index (χ4v) is 2.06. The molecule has 1 aromatic heterocycles. The molecule has 0 unspecified atom stereocenters. The number of thioether (sulfide) groups is 1. The molecule has 0 aromatic carbocycles. The summed E-state index contributed by atoms with van der Waals surface area (Å²) in [4.78, 5) is 14.9. The van der Waals surface area contributed by atoms with Crippen molar-refractivity contribution in [2.75, 3.05) is 42.4 Å². The lowest BCUT2D eigenvalue weighted by Gasteiger charge is -2.26. The van der Waals surface area contributed by atoms with Crippen molar-refractivity contribution in [1.82, 2.24) is 15.0 Å². The molecule has 7 nitrogen and oxygen atoms in total. The van der Waals surface area contributed by atoms with Gasteiger partial charge in [0.05, 0.1) is 13.2 Å². The summed E-state index contributed by atoms with van der Waals surface area (Å²) in [5.41, 5.74) is 2.47. The van der Waals surface area contributed by atoms with Crippen LogP contribution in [-0.2, 0) is 4.74 Å². The number of nitrogens with two attached hydrogens (primary N) is 1. The molecule has 2 rings (SSSR count). The third-order valence-electron chi connectivity index (χ3n) is 2.30. The number of hydrogen-bond donors (Lipinski definition) is 2. The molecule has 0 spiro atoms. The van der Waals surface area contributed by atoms with Gasteiger partial charge in [-0.2, -0.15) is 15.0 Å². The summed E-state index contributed by atoms with van der Waals surface area (Å²) in [6.45, 7) is 5.05.